The Bertz CT molecular complexity index is 566. The van der Waals surface area contributed by atoms with E-state index in [-0.39, 0.29) is 6.42 Å². The number of methoxy groups -OCH3 is 1. The predicted molar refractivity (Wildman–Crippen MR) is 75.2 cm³/mol. The molecule has 0 aliphatic heterocycles. The van der Waals surface area contributed by atoms with Crippen LogP contribution < -0.4 is 9.47 Å². The van der Waals surface area contributed by atoms with Crippen LogP contribution in [0.5, 0.6) is 11.5 Å². The molecule has 104 valence electrons. The third-order valence-electron chi connectivity index (χ3n) is 2.89. The van der Waals surface area contributed by atoms with Crippen LogP contribution >= 0.6 is 0 Å². The minimum absolute atomic E-state index is 0.244. The monoisotopic (exact) mass is 272 g/mol. The summed E-state index contributed by atoms with van der Waals surface area (Å²) in [7, 11) is 1.56. The molecule has 0 saturated carbocycles. The number of hydrogen-bond acceptors (Lipinski definition) is 3. The number of ether oxygens (including phenoxy) is 2. The number of aliphatic carboxylic acids is 1. The lowest BCUT2D eigenvalue weighted by molar-refractivity contribution is -0.145. The molecule has 4 heteroatoms. The van der Waals surface area contributed by atoms with Gasteiger partial charge in [-0.2, -0.15) is 0 Å². The molecule has 2 rings (SSSR count). The van der Waals surface area contributed by atoms with Crippen molar-refractivity contribution in [3.63, 3.8) is 0 Å². The molecule has 1 N–H and O–H groups in total. The van der Waals surface area contributed by atoms with Crippen LogP contribution in [0.25, 0.3) is 0 Å². The summed E-state index contributed by atoms with van der Waals surface area (Å²) in [5.41, 5.74) is 0.804. The maximum atomic E-state index is 11.3. The molecule has 0 spiro atoms. The first kappa shape index (κ1) is 13.9. The molecule has 0 amide bonds. The number of rotatable bonds is 6. The van der Waals surface area contributed by atoms with Crippen molar-refractivity contribution in [2.75, 3.05) is 7.11 Å². The van der Waals surface area contributed by atoms with Gasteiger partial charge in [0, 0.05) is 6.42 Å². The summed E-state index contributed by atoms with van der Waals surface area (Å²) >= 11 is 0. The second-order valence-corrected chi connectivity index (χ2v) is 4.27. The third-order valence-corrected chi connectivity index (χ3v) is 2.89. The van der Waals surface area contributed by atoms with Gasteiger partial charge in [0.1, 0.15) is 11.5 Å². The fourth-order valence-corrected chi connectivity index (χ4v) is 1.91. The van der Waals surface area contributed by atoms with E-state index >= 15 is 0 Å². The van der Waals surface area contributed by atoms with E-state index in [0.29, 0.717) is 11.5 Å². The second kappa shape index (κ2) is 6.61. The lowest BCUT2D eigenvalue weighted by Gasteiger charge is -2.16. The first-order chi connectivity index (χ1) is 9.70. The van der Waals surface area contributed by atoms with Gasteiger partial charge in [-0.15, -0.1) is 0 Å². The van der Waals surface area contributed by atoms with Crippen molar-refractivity contribution in [2.24, 2.45) is 0 Å². The highest BCUT2D eigenvalue weighted by molar-refractivity contribution is 5.73. The summed E-state index contributed by atoms with van der Waals surface area (Å²) in [5, 5.41) is 9.29. The van der Waals surface area contributed by atoms with Crippen molar-refractivity contribution in [1.29, 1.82) is 0 Å². The Labute approximate surface area is 117 Å². The number of benzene rings is 2. The fourth-order valence-electron chi connectivity index (χ4n) is 1.91. The van der Waals surface area contributed by atoms with Crippen LogP contribution in [0.15, 0.2) is 54.6 Å². The average molecular weight is 272 g/mol. The van der Waals surface area contributed by atoms with Gasteiger partial charge >= 0.3 is 5.97 Å². The number of hydrogen-bond donors (Lipinski definition) is 1. The first-order valence-electron chi connectivity index (χ1n) is 6.27. The molecule has 0 saturated heterocycles. The van der Waals surface area contributed by atoms with Gasteiger partial charge in [-0.25, -0.2) is 4.79 Å². The van der Waals surface area contributed by atoms with E-state index in [1.165, 1.54) is 0 Å². The fraction of sp³-hybridized carbons (Fsp3) is 0.188. The predicted octanol–water partition coefficient (Wildman–Crippen LogP) is 2.77. The van der Waals surface area contributed by atoms with E-state index in [1.807, 2.05) is 24.3 Å². The molecule has 20 heavy (non-hydrogen) atoms. The molecule has 0 aliphatic carbocycles. The van der Waals surface area contributed by atoms with Gasteiger partial charge in [0.2, 0.25) is 0 Å². The maximum absolute atomic E-state index is 11.3. The van der Waals surface area contributed by atoms with Crippen LogP contribution in [0.3, 0.4) is 0 Å². The summed E-state index contributed by atoms with van der Waals surface area (Å²) in [6.45, 7) is 0. The first-order valence-corrected chi connectivity index (χ1v) is 6.27. The number of carbonyl (C=O) groups is 1. The van der Waals surface area contributed by atoms with E-state index in [1.54, 1.807) is 37.4 Å². The Morgan fingerprint density at radius 3 is 2.40 bits per heavy atom. The van der Waals surface area contributed by atoms with Crippen LogP contribution in [-0.2, 0) is 11.2 Å². The van der Waals surface area contributed by atoms with Crippen molar-refractivity contribution in [3.05, 3.63) is 60.2 Å². The zero-order valence-electron chi connectivity index (χ0n) is 11.2. The zero-order valence-corrected chi connectivity index (χ0v) is 11.2. The van der Waals surface area contributed by atoms with E-state index in [2.05, 4.69) is 0 Å². The van der Waals surface area contributed by atoms with Gasteiger partial charge in [0.05, 0.1) is 7.11 Å². The minimum Gasteiger partial charge on any atom is -0.496 e. The van der Waals surface area contributed by atoms with Gasteiger partial charge in [-0.05, 0) is 23.8 Å². The summed E-state index contributed by atoms with van der Waals surface area (Å²) < 4.78 is 10.8. The molecule has 0 bridgehead atoms. The molecule has 0 heterocycles. The minimum atomic E-state index is -1.00. The normalized spacial score (nSPS) is 11.7. The molecule has 0 aliphatic rings. The van der Waals surface area contributed by atoms with Crippen LogP contribution in [0.2, 0.25) is 0 Å². The lowest BCUT2D eigenvalue weighted by Crippen LogP contribution is -2.29. The van der Waals surface area contributed by atoms with Crippen LogP contribution in [-0.4, -0.2) is 24.3 Å². The molecule has 2 aromatic rings. The molecule has 0 fully saturated rings. The topological polar surface area (TPSA) is 55.8 Å². The zero-order chi connectivity index (χ0) is 14.4. The molecule has 0 radical (unpaired) electrons. The highest BCUT2D eigenvalue weighted by Gasteiger charge is 2.21. The Balaban J connectivity index is 2.16. The van der Waals surface area contributed by atoms with Crippen molar-refractivity contribution in [2.45, 2.75) is 12.5 Å². The van der Waals surface area contributed by atoms with Gasteiger partial charge in [-0.3, -0.25) is 0 Å². The molecule has 4 nitrogen and oxygen atoms in total. The smallest absolute Gasteiger partial charge is 0.345 e. The van der Waals surface area contributed by atoms with Crippen molar-refractivity contribution in [3.8, 4) is 11.5 Å². The van der Waals surface area contributed by atoms with Gasteiger partial charge in [0.15, 0.2) is 6.10 Å². The highest BCUT2D eigenvalue weighted by atomic mass is 16.5. The van der Waals surface area contributed by atoms with Crippen molar-refractivity contribution in [1.82, 2.24) is 0 Å². The summed E-state index contributed by atoms with van der Waals surface area (Å²) in [6, 6.07) is 16.3. The van der Waals surface area contributed by atoms with Gasteiger partial charge in [-0.1, -0.05) is 36.4 Å². The van der Waals surface area contributed by atoms with E-state index in [4.69, 9.17) is 9.47 Å². The molecular formula is C16H16O4. The van der Waals surface area contributed by atoms with Crippen LogP contribution in [0.4, 0.5) is 0 Å². The SMILES string of the molecule is COc1ccccc1C[C@@H](Oc1ccccc1)C(=O)O. The van der Waals surface area contributed by atoms with Crippen molar-refractivity contribution >= 4 is 5.97 Å². The van der Waals surface area contributed by atoms with Crippen LogP contribution in [0.1, 0.15) is 5.56 Å². The average Bonchev–Trinajstić information content (AvgIpc) is 2.48. The Morgan fingerprint density at radius 1 is 1.10 bits per heavy atom. The van der Waals surface area contributed by atoms with Crippen LogP contribution in [0, 0.1) is 0 Å². The largest absolute Gasteiger partial charge is 0.496 e. The number of carboxylic acids is 1. The van der Waals surface area contributed by atoms with Gasteiger partial charge < -0.3 is 14.6 Å². The number of para-hydroxylation sites is 2. The molecule has 1 atom stereocenters. The Kier molecular flexibility index (Phi) is 4.60. The third kappa shape index (κ3) is 3.51. The maximum Gasteiger partial charge on any atom is 0.345 e. The molecule has 2 aromatic carbocycles. The standard InChI is InChI=1S/C16H16O4/c1-19-14-10-6-5-7-12(14)11-15(16(17)18)20-13-8-3-2-4-9-13/h2-10,15H,11H2,1H3,(H,17,18)/t15-/m1/s1. The lowest BCUT2D eigenvalue weighted by atomic mass is 10.1. The highest BCUT2D eigenvalue weighted by Crippen LogP contribution is 2.21. The quantitative estimate of drug-likeness (QED) is 0.878. The summed E-state index contributed by atoms with van der Waals surface area (Å²) in [5.74, 6) is 0.199. The molecule has 0 unspecified atom stereocenters. The van der Waals surface area contributed by atoms with Crippen molar-refractivity contribution < 1.29 is 19.4 Å². The molecule has 0 aromatic heterocycles. The Hall–Kier alpha value is -2.49. The molecular weight excluding hydrogens is 256 g/mol. The van der Waals surface area contributed by atoms with E-state index in [9.17, 15) is 9.90 Å². The van der Waals surface area contributed by atoms with E-state index in [0.717, 1.165) is 5.56 Å². The van der Waals surface area contributed by atoms with E-state index < -0.39 is 12.1 Å². The second-order valence-electron chi connectivity index (χ2n) is 4.27. The Morgan fingerprint density at radius 2 is 1.75 bits per heavy atom. The van der Waals surface area contributed by atoms with Gasteiger partial charge in [0.25, 0.3) is 0 Å². The summed E-state index contributed by atoms with van der Waals surface area (Å²) in [6.07, 6.45) is -0.706. The summed E-state index contributed by atoms with van der Waals surface area (Å²) in [4.78, 5) is 11.3. The number of carboxylic acid groups (broad SMARTS) is 1.